The molecule has 0 saturated carbocycles. The van der Waals surface area contributed by atoms with Crippen LogP contribution in [0.2, 0.25) is 0 Å². The van der Waals surface area contributed by atoms with E-state index >= 15 is 0 Å². The quantitative estimate of drug-likeness (QED) is 0.597. The second-order valence-corrected chi connectivity index (χ2v) is 8.74. The first kappa shape index (κ1) is 21.4. The Morgan fingerprint density at radius 2 is 1.60 bits per heavy atom. The smallest absolute Gasteiger partial charge is 0.264 e. The van der Waals surface area contributed by atoms with Crippen molar-refractivity contribution in [3.8, 4) is 0 Å². The molecule has 0 aliphatic carbocycles. The van der Waals surface area contributed by atoms with Gasteiger partial charge < -0.3 is 5.32 Å². The Hall–Kier alpha value is -3.27. The van der Waals surface area contributed by atoms with Gasteiger partial charge in [0.25, 0.3) is 10.0 Å². The average molecular weight is 429 g/mol. The van der Waals surface area contributed by atoms with Gasteiger partial charge in [0.2, 0.25) is 11.9 Å². The van der Waals surface area contributed by atoms with Crippen LogP contribution < -0.4 is 10.0 Å². The van der Waals surface area contributed by atoms with E-state index in [0.29, 0.717) is 23.6 Å². The summed E-state index contributed by atoms with van der Waals surface area (Å²) in [4.78, 5) is 20.4. The summed E-state index contributed by atoms with van der Waals surface area (Å²) in [7, 11) is -3.84. The van der Waals surface area contributed by atoms with Gasteiger partial charge >= 0.3 is 0 Å². The molecule has 0 saturated heterocycles. The zero-order chi connectivity index (χ0) is 21.9. The van der Waals surface area contributed by atoms with E-state index in [4.69, 9.17) is 0 Å². The highest BCUT2D eigenvalue weighted by Crippen LogP contribution is 2.17. The Kier molecular flexibility index (Phi) is 6.16. The summed E-state index contributed by atoms with van der Waals surface area (Å²) in [5.41, 5.74) is 3.74. The normalized spacial score (nSPS) is 11.3. The number of aryl methyl sites for hydroxylation is 5. The minimum Gasteiger partial charge on any atom is -0.326 e. The van der Waals surface area contributed by atoms with Crippen LogP contribution in [0, 0.1) is 27.7 Å². The van der Waals surface area contributed by atoms with E-state index in [-0.39, 0.29) is 23.2 Å². The number of hydrogen-bond donors (Lipinski definition) is 2. The number of rotatable bonds is 7. The number of benzene rings is 1. The molecule has 0 fully saturated rings. The fraction of sp³-hybridized carbons (Fsp3) is 0.300. The first-order valence-corrected chi connectivity index (χ1v) is 10.9. The predicted molar refractivity (Wildman–Crippen MR) is 114 cm³/mol. The molecule has 3 rings (SSSR count). The molecule has 0 radical (unpaired) electrons. The van der Waals surface area contributed by atoms with Crippen molar-refractivity contribution in [2.45, 2.75) is 45.6 Å². The lowest BCUT2D eigenvalue weighted by Crippen LogP contribution is -2.17. The summed E-state index contributed by atoms with van der Waals surface area (Å²) in [5, 5.41) is 7.09. The van der Waals surface area contributed by atoms with Crippen LogP contribution in [0.4, 0.5) is 11.6 Å². The predicted octanol–water partition coefficient (Wildman–Crippen LogP) is 2.74. The monoisotopic (exact) mass is 428 g/mol. The number of hydrogen-bond acceptors (Lipinski definition) is 6. The summed E-state index contributed by atoms with van der Waals surface area (Å²) < 4.78 is 29.3. The van der Waals surface area contributed by atoms with Crippen molar-refractivity contribution in [1.82, 2.24) is 19.7 Å². The molecule has 3 aromatic rings. The van der Waals surface area contributed by atoms with Crippen molar-refractivity contribution in [3.63, 3.8) is 0 Å². The average Bonchev–Trinajstić information content (AvgIpc) is 2.96. The third kappa shape index (κ3) is 5.41. The molecule has 10 heteroatoms. The fourth-order valence-corrected chi connectivity index (χ4v) is 3.94. The maximum atomic E-state index is 12.6. The molecule has 9 nitrogen and oxygen atoms in total. The van der Waals surface area contributed by atoms with Gasteiger partial charge in [-0.25, -0.2) is 23.1 Å². The maximum absolute atomic E-state index is 12.6. The third-order valence-electron chi connectivity index (χ3n) is 4.31. The lowest BCUT2D eigenvalue weighted by molar-refractivity contribution is -0.116. The Morgan fingerprint density at radius 3 is 2.17 bits per heavy atom. The molecule has 0 spiro atoms. The molecule has 2 N–H and O–H groups in total. The van der Waals surface area contributed by atoms with Gasteiger partial charge in [-0.05, 0) is 64.1 Å². The Balaban J connectivity index is 1.62. The molecule has 0 aliphatic rings. The van der Waals surface area contributed by atoms with Crippen LogP contribution in [-0.4, -0.2) is 34.1 Å². The second kappa shape index (κ2) is 8.62. The zero-order valence-corrected chi connectivity index (χ0v) is 18.1. The Labute approximate surface area is 175 Å². The molecule has 1 amide bonds. The SMILES string of the molecule is Cc1cc(C)nc(NS(=O)(=O)c2ccc(NC(=O)CCn3nc(C)cc3C)cc2)n1. The standard InChI is InChI=1S/C20H24N6O3S/c1-13-11-14(2)22-20(21-13)25-30(28,29)18-7-5-17(6-8-18)23-19(27)9-10-26-16(4)12-15(3)24-26/h5-8,11-12H,9-10H2,1-4H3,(H,23,27)(H,21,22,25). The van der Waals surface area contributed by atoms with Gasteiger partial charge in [-0.15, -0.1) is 0 Å². The van der Waals surface area contributed by atoms with E-state index in [2.05, 4.69) is 25.1 Å². The van der Waals surface area contributed by atoms with E-state index in [1.807, 2.05) is 19.9 Å². The van der Waals surface area contributed by atoms with Gasteiger partial charge in [0.15, 0.2) is 0 Å². The molecule has 0 aliphatic heterocycles. The summed E-state index contributed by atoms with van der Waals surface area (Å²) >= 11 is 0. The van der Waals surface area contributed by atoms with Gasteiger partial charge in [0, 0.05) is 35.7 Å². The van der Waals surface area contributed by atoms with Crippen LogP contribution in [0.5, 0.6) is 0 Å². The van der Waals surface area contributed by atoms with Crippen LogP contribution in [0.3, 0.4) is 0 Å². The summed E-state index contributed by atoms with van der Waals surface area (Å²) in [6, 6.07) is 9.62. The first-order chi connectivity index (χ1) is 14.1. The molecule has 1 aromatic carbocycles. The lowest BCUT2D eigenvalue weighted by Gasteiger charge is -2.10. The highest BCUT2D eigenvalue weighted by molar-refractivity contribution is 7.92. The second-order valence-electron chi connectivity index (χ2n) is 7.05. The van der Waals surface area contributed by atoms with Crippen LogP contribution in [0.25, 0.3) is 0 Å². The van der Waals surface area contributed by atoms with Crippen molar-refractivity contribution in [1.29, 1.82) is 0 Å². The van der Waals surface area contributed by atoms with E-state index in [0.717, 1.165) is 11.4 Å². The fourth-order valence-electron chi connectivity index (χ4n) is 3.00. The van der Waals surface area contributed by atoms with Crippen LogP contribution in [0.1, 0.15) is 29.2 Å². The molecule has 2 aromatic heterocycles. The van der Waals surface area contributed by atoms with Gasteiger partial charge in [-0.3, -0.25) is 9.48 Å². The van der Waals surface area contributed by atoms with Crippen LogP contribution >= 0.6 is 0 Å². The lowest BCUT2D eigenvalue weighted by atomic mass is 10.3. The molecule has 2 heterocycles. The summed E-state index contributed by atoms with van der Waals surface area (Å²) in [5.74, 6) is -0.158. The summed E-state index contributed by atoms with van der Waals surface area (Å²) in [6.45, 7) is 7.84. The number of anilines is 2. The molecule has 0 unspecified atom stereocenters. The first-order valence-electron chi connectivity index (χ1n) is 9.38. The number of aromatic nitrogens is 4. The number of nitrogens with one attached hydrogen (secondary N) is 2. The van der Waals surface area contributed by atoms with Crippen LogP contribution in [-0.2, 0) is 21.4 Å². The van der Waals surface area contributed by atoms with Crippen molar-refractivity contribution in [3.05, 3.63) is 59.2 Å². The molecule has 158 valence electrons. The zero-order valence-electron chi connectivity index (χ0n) is 17.3. The van der Waals surface area contributed by atoms with Gasteiger partial charge in [0.05, 0.1) is 10.6 Å². The van der Waals surface area contributed by atoms with Gasteiger partial charge in [-0.2, -0.15) is 5.10 Å². The van der Waals surface area contributed by atoms with Crippen molar-refractivity contribution in [2.75, 3.05) is 10.0 Å². The number of carbonyl (C=O) groups is 1. The topological polar surface area (TPSA) is 119 Å². The molecule has 0 atom stereocenters. The number of sulfonamides is 1. The number of amides is 1. The van der Waals surface area contributed by atoms with E-state index in [1.54, 1.807) is 24.6 Å². The minimum absolute atomic E-state index is 0.0223. The van der Waals surface area contributed by atoms with Gasteiger partial charge in [0.1, 0.15) is 0 Å². The maximum Gasteiger partial charge on any atom is 0.264 e. The highest BCUT2D eigenvalue weighted by Gasteiger charge is 2.16. The number of nitrogens with zero attached hydrogens (tertiary/aromatic N) is 4. The van der Waals surface area contributed by atoms with Crippen molar-refractivity contribution in [2.24, 2.45) is 0 Å². The van der Waals surface area contributed by atoms with E-state index in [9.17, 15) is 13.2 Å². The minimum atomic E-state index is -3.84. The summed E-state index contributed by atoms with van der Waals surface area (Å²) in [6.07, 6.45) is 0.258. The Morgan fingerprint density at radius 1 is 0.967 bits per heavy atom. The molecule has 0 bridgehead atoms. The molecular formula is C20H24N6O3S. The van der Waals surface area contributed by atoms with Gasteiger partial charge in [-0.1, -0.05) is 0 Å². The Bertz CT molecular complexity index is 1150. The third-order valence-corrected chi connectivity index (χ3v) is 5.65. The van der Waals surface area contributed by atoms with E-state index < -0.39 is 10.0 Å². The molecular weight excluding hydrogens is 404 g/mol. The number of carbonyl (C=O) groups excluding carboxylic acids is 1. The van der Waals surface area contributed by atoms with Crippen LogP contribution in [0.15, 0.2) is 41.3 Å². The van der Waals surface area contributed by atoms with Crippen molar-refractivity contribution < 1.29 is 13.2 Å². The van der Waals surface area contributed by atoms with Crippen molar-refractivity contribution >= 4 is 27.6 Å². The highest BCUT2D eigenvalue weighted by atomic mass is 32.2. The van der Waals surface area contributed by atoms with E-state index in [1.165, 1.54) is 24.3 Å². The largest absolute Gasteiger partial charge is 0.326 e. The molecule has 30 heavy (non-hydrogen) atoms.